The first-order valence-corrected chi connectivity index (χ1v) is 10.9. The van der Waals surface area contributed by atoms with E-state index in [2.05, 4.69) is 10.6 Å². The number of benzene rings is 1. The van der Waals surface area contributed by atoms with E-state index in [0.29, 0.717) is 50.5 Å². The minimum absolute atomic E-state index is 0.0376. The van der Waals surface area contributed by atoms with Crippen LogP contribution in [0, 0.1) is 5.92 Å². The van der Waals surface area contributed by atoms with Gasteiger partial charge in [-0.3, -0.25) is 9.59 Å². The van der Waals surface area contributed by atoms with Crippen molar-refractivity contribution in [1.29, 1.82) is 0 Å². The third-order valence-corrected chi connectivity index (χ3v) is 4.94. The second-order valence-corrected chi connectivity index (χ2v) is 8.69. The van der Waals surface area contributed by atoms with Crippen molar-refractivity contribution in [1.82, 2.24) is 15.5 Å². The second kappa shape index (κ2) is 11.6. The highest BCUT2D eigenvalue weighted by atomic mass is 16.6. The molecule has 0 saturated carbocycles. The molecular formula is C23H35N3O6. The number of hydrogen-bond donors (Lipinski definition) is 2. The lowest BCUT2D eigenvalue weighted by atomic mass is 9.96. The molecule has 1 fully saturated rings. The zero-order chi connectivity index (χ0) is 23.7. The molecule has 0 bridgehead atoms. The van der Waals surface area contributed by atoms with Crippen LogP contribution in [0.4, 0.5) is 4.79 Å². The molecule has 0 spiro atoms. The monoisotopic (exact) mass is 449 g/mol. The summed E-state index contributed by atoms with van der Waals surface area (Å²) in [4.78, 5) is 38.0. The van der Waals surface area contributed by atoms with Crippen LogP contribution >= 0.6 is 0 Å². The van der Waals surface area contributed by atoms with Gasteiger partial charge in [0.05, 0.1) is 7.11 Å². The molecule has 178 valence electrons. The quantitative estimate of drug-likeness (QED) is 0.632. The number of nitrogens with zero attached hydrogens (tertiary/aromatic N) is 1. The summed E-state index contributed by atoms with van der Waals surface area (Å²) in [6, 6.07) is 5.32. The van der Waals surface area contributed by atoms with E-state index in [1.54, 1.807) is 17.0 Å². The van der Waals surface area contributed by atoms with E-state index >= 15 is 0 Å². The SMILES string of the molecule is CCNC(=O)COc1ccc(CNC(=O)C2CCN(C(=O)OC(C)(C)C)CC2)cc1OC. The number of ether oxygens (including phenoxy) is 3. The van der Waals surface area contributed by atoms with Gasteiger partial charge in [-0.25, -0.2) is 4.79 Å². The van der Waals surface area contributed by atoms with Crippen LogP contribution in [0.15, 0.2) is 18.2 Å². The predicted molar refractivity (Wildman–Crippen MR) is 120 cm³/mol. The van der Waals surface area contributed by atoms with Crippen molar-refractivity contribution in [2.45, 2.75) is 52.7 Å². The number of nitrogens with one attached hydrogen (secondary N) is 2. The first kappa shape index (κ1) is 25.3. The Morgan fingerprint density at radius 2 is 1.78 bits per heavy atom. The summed E-state index contributed by atoms with van der Waals surface area (Å²) in [6.45, 7) is 9.13. The number of methoxy groups -OCH3 is 1. The minimum Gasteiger partial charge on any atom is -0.493 e. The highest BCUT2D eigenvalue weighted by molar-refractivity contribution is 5.79. The van der Waals surface area contributed by atoms with Crippen molar-refractivity contribution >= 4 is 17.9 Å². The van der Waals surface area contributed by atoms with E-state index in [1.165, 1.54) is 7.11 Å². The zero-order valence-electron chi connectivity index (χ0n) is 19.7. The summed E-state index contributed by atoms with van der Waals surface area (Å²) in [7, 11) is 1.52. The molecule has 0 aromatic heterocycles. The molecule has 2 N–H and O–H groups in total. The molecule has 1 aliphatic heterocycles. The average Bonchev–Trinajstić information content (AvgIpc) is 2.75. The summed E-state index contributed by atoms with van der Waals surface area (Å²) >= 11 is 0. The van der Waals surface area contributed by atoms with E-state index < -0.39 is 5.60 Å². The fourth-order valence-corrected chi connectivity index (χ4v) is 3.32. The van der Waals surface area contributed by atoms with Crippen LogP contribution in [0.5, 0.6) is 11.5 Å². The second-order valence-electron chi connectivity index (χ2n) is 8.69. The summed E-state index contributed by atoms with van der Waals surface area (Å²) in [5, 5.41) is 5.62. The lowest BCUT2D eigenvalue weighted by Crippen LogP contribution is -2.44. The number of amides is 3. The number of piperidine rings is 1. The third kappa shape index (κ3) is 7.94. The number of likely N-dealkylation sites (N-methyl/N-ethyl adjacent to an activating group) is 1. The molecule has 1 heterocycles. The number of hydrogen-bond acceptors (Lipinski definition) is 6. The van der Waals surface area contributed by atoms with Crippen molar-refractivity contribution in [3.63, 3.8) is 0 Å². The fraction of sp³-hybridized carbons (Fsp3) is 0.609. The van der Waals surface area contributed by atoms with E-state index in [0.717, 1.165) is 5.56 Å². The zero-order valence-corrected chi connectivity index (χ0v) is 19.7. The van der Waals surface area contributed by atoms with Gasteiger partial charge in [0.25, 0.3) is 5.91 Å². The van der Waals surface area contributed by atoms with Crippen molar-refractivity contribution in [3.05, 3.63) is 23.8 Å². The molecule has 9 nitrogen and oxygen atoms in total. The van der Waals surface area contributed by atoms with Gasteiger partial charge in [-0.2, -0.15) is 0 Å². The molecule has 0 atom stereocenters. The van der Waals surface area contributed by atoms with E-state index in [1.807, 2.05) is 33.8 Å². The van der Waals surface area contributed by atoms with Crippen molar-refractivity contribution in [2.24, 2.45) is 5.92 Å². The van der Waals surface area contributed by atoms with Gasteiger partial charge in [-0.15, -0.1) is 0 Å². The van der Waals surface area contributed by atoms with Crippen LogP contribution in [-0.2, 0) is 20.9 Å². The molecule has 1 aromatic carbocycles. The topological polar surface area (TPSA) is 106 Å². The molecule has 1 aliphatic rings. The van der Waals surface area contributed by atoms with Crippen molar-refractivity contribution in [2.75, 3.05) is 33.4 Å². The fourth-order valence-electron chi connectivity index (χ4n) is 3.32. The standard InChI is InChI=1S/C23H35N3O6/c1-6-24-20(27)15-31-18-8-7-16(13-19(18)30-5)14-25-21(28)17-9-11-26(12-10-17)22(29)32-23(2,3)4/h7-8,13,17H,6,9-12,14-15H2,1-5H3,(H,24,27)(H,25,28). The predicted octanol–water partition coefficient (Wildman–Crippen LogP) is 2.47. The summed E-state index contributed by atoms with van der Waals surface area (Å²) in [6.07, 6.45) is 0.861. The molecule has 9 heteroatoms. The third-order valence-electron chi connectivity index (χ3n) is 4.94. The van der Waals surface area contributed by atoms with E-state index in [-0.39, 0.29) is 30.4 Å². The number of rotatable bonds is 8. The average molecular weight is 450 g/mol. The van der Waals surface area contributed by atoms with Gasteiger partial charge in [0.1, 0.15) is 5.60 Å². The van der Waals surface area contributed by atoms with Crippen LogP contribution in [-0.4, -0.2) is 61.8 Å². The highest BCUT2D eigenvalue weighted by Gasteiger charge is 2.29. The number of carbonyl (C=O) groups excluding carboxylic acids is 3. The lowest BCUT2D eigenvalue weighted by Gasteiger charge is -2.32. The first-order valence-electron chi connectivity index (χ1n) is 10.9. The lowest BCUT2D eigenvalue weighted by molar-refractivity contribution is -0.126. The maximum atomic E-state index is 12.6. The molecule has 0 unspecified atom stereocenters. The molecule has 0 radical (unpaired) electrons. The Hall–Kier alpha value is -2.97. The maximum Gasteiger partial charge on any atom is 0.410 e. The van der Waals surface area contributed by atoms with Gasteiger partial charge in [0.15, 0.2) is 18.1 Å². The Kier molecular flexibility index (Phi) is 9.16. The van der Waals surface area contributed by atoms with Crippen molar-refractivity contribution in [3.8, 4) is 11.5 Å². The maximum absolute atomic E-state index is 12.6. The minimum atomic E-state index is -0.533. The molecule has 1 saturated heterocycles. The summed E-state index contributed by atoms with van der Waals surface area (Å²) < 4.78 is 16.3. The van der Waals surface area contributed by atoms with Crippen LogP contribution < -0.4 is 20.1 Å². The van der Waals surface area contributed by atoms with E-state index in [9.17, 15) is 14.4 Å². The summed E-state index contributed by atoms with van der Waals surface area (Å²) in [5.74, 6) is 0.568. The van der Waals surface area contributed by atoms with Gasteiger partial charge < -0.3 is 29.7 Å². The Labute approximate surface area is 189 Å². The Bertz CT molecular complexity index is 797. The van der Waals surface area contributed by atoms with Crippen LogP contribution in [0.1, 0.15) is 46.1 Å². The molecule has 1 aromatic rings. The van der Waals surface area contributed by atoms with E-state index in [4.69, 9.17) is 14.2 Å². The first-order chi connectivity index (χ1) is 15.1. The van der Waals surface area contributed by atoms with Crippen LogP contribution in [0.2, 0.25) is 0 Å². The van der Waals surface area contributed by atoms with Crippen LogP contribution in [0.3, 0.4) is 0 Å². The molecular weight excluding hydrogens is 414 g/mol. The Balaban J connectivity index is 1.82. The smallest absolute Gasteiger partial charge is 0.410 e. The normalized spacial score (nSPS) is 14.5. The van der Waals surface area contributed by atoms with Gasteiger partial charge in [0, 0.05) is 32.1 Å². The Morgan fingerprint density at radius 1 is 1.09 bits per heavy atom. The van der Waals surface area contributed by atoms with Crippen LogP contribution in [0.25, 0.3) is 0 Å². The molecule has 3 amide bonds. The summed E-state index contributed by atoms with van der Waals surface area (Å²) in [5.41, 5.74) is 0.321. The number of likely N-dealkylation sites (tertiary alicyclic amines) is 1. The number of carbonyl (C=O) groups is 3. The Morgan fingerprint density at radius 3 is 2.38 bits per heavy atom. The van der Waals surface area contributed by atoms with Crippen molar-refractivity contribution < 1.29 is 28.6 Å². The van der Waals surface area contributed by atoms with Gasteiger partial charge in [-0.05, 0) is 58.2 Å². The molecule has 2 rings (SSSR count). The van der Waals surface area contributed by atoms with Gasteiger partial charge in [0.2, 0.25) is 5.91 Å². The molecule has 32 heavy (non-hydrogen) atoms. The largest absolute Gasteiger partial charge is 0.493 e. The highest BCUT2D eigenvalue weighted by Crippen LogP contribution is 2.28. The molecule has 0 aliphatic carbocycles. The van der Waals surface area contributed by atoms with Gasteiger partial charge >= 0.3 is 6.09 Å². The van der Waals surface area contributed by atoms with Gasteiger partial charge in [-0.1, -0.05) is 6.07 Å².